The first-order valence-corrected chi connectivity index (χ1v) is 6.52. The third-order valence-electron chi connectivity index (χ3n) is 3.25. The van der Waals surface area contributed by atoms with Crippen LogP contribution in [0, 0.1) is 11.7 Å². The molecule has 3 nitrogen and oxygen atoms in total. The van der Waals surface area contributed by atoms with Gasteiger partial charge in [0.2, 0.25) is 0 Å². The van der Waals surface area contributed by atoms with Gasteiger partial charge in [-0.1, -0.05) is 13.8 Å². The van der Waals surface area contributed by atoms with Crippen molar-refractivity contribution in [3.05, 3.63) is 35.8 Å². The summed E-state index contributed by atoms with van der Waals surface area (Å²) in [5, 5.41) is 3.77. The maximum Gasteiger partial charge on any atom is 0.267 e. The predicted octanol–water partition coefficient (Wildman–Crippen LogP) is 3.09. The van der Waals surface area contributed by atoms with Crippen LogP contribution in [0.4, 0.5) is 4.39 Å². The summed E-state index contributed by atoms with van der Waals surface area (Å²) >= 11 is 0. The van der Waals surface area contributed by atoms with Crippen molar-refractivity contribution in [1.29, 1.82) is 0 Å². The zero-order valence-electron chi connectivity index (χ0n) is 11.5. The Labute approximate surface area is 112 Å². The number of aryl methyl sites for hydroxylation is 1. The third-order valence-corrected chi connectivity index (χ3v) is 3.25. The fraction of sp³-hybridized carbons (Fsp3) is 0.400. The Balaban J connectivity index is 2.20. The minimum atomic E-state index is -0.291. The van der Waals surface area contributed by atoms with Crippen LogP contribution in [-0.2, 0) is 7.05 Å². The molecular formula is C15H19FN2O. The summed E-state index contributed by atoms with van der Waals surface area (Å²) in [6.45, 7) is 4.89. The van der Waals surface area contributed by atoms with Crippen molar-refractivity contribution < 1.29 is 9.18 Å². The number of rotatable bonds is 4. The number of benzene rings is 1. The monoisotopic (exact) mass is 262 g/mol. The van der Waals surface area contributed by atoms with E-state index >= 15 is 0 Å². The molecule has 0 bridgehead atoms. The lowest BCUT2D eigenvalue weighted by atomic mass is 10.1. The van der Waals surface area contributed by atoms with Crippen LogP contribution in [0.25, 0.3) is 10.9 Å². The summed E-state index contributed by atoms with van der Waals surface area (Å²) in [6, 6.07) is 6.33. The van der Waals surface area contributed by atoms with Crippen LogP contribution in [0.5, 0.6) is 0 Å². The fourth-order valence-corrected chi connectivity index (χ4v) is 2.09. The molecule has 0 aliphatic rings. The van der Waals surface area contributed by atoms with Crippen molar-refractivity contribution in [2.24, 2.45) is 13.0 Å². The third kappa shape index (κ3) is 2.95. The standard InChI is InChI=1S/C15H19FN2O/c1-10(2)6-7-17-15(19)14-8-11-4-5-12(16)9-13(11)18(14)3/h4-5,8-10H,6-7H2,1-3H3,(H,17,19). The highest BCUT2D eigenvalue weighted by Gasteiger charge is 2.13. The van der Waals surface area contributed by atoms with Gasteiger partial charge in [0.25, 0.3) is 5.91 Å². The van der Waals surface area contributed by atoms with Crippen LogP contribution in [0.2, 0.25) is 0 Å². The number of halogens is 1. The maximum atomic E-state index is 13.2. The Morgan fingerprint density at radius 3 is 2.79 bits per heavy atom. The predicted molar refractivity (Wildman–Crippen MR) is 74.7 cm³/mol. The summed E-state index contributed by atoms with van der Waals surface area (Å²) in [6.07, 6.45) is 0.949. The van der Waals surface area contributed by atoms with Crippen molar-refractivity contribution in [2.45, 2.75) is 20.3 Å². The van der Waals surface area contributed by atoms with Gasteiger partial charge >= 0.3 is 0 Å². The Hall–Kier alpha value is -1.84. The molecule has 0 aliphatic carbocycles. The normalized spacial score (nSPS) is 11.2. The number of amides is 1. The highest BCUT2D eigenvalue weighted by atomic mass is 19.1. The van der Waals surface area contributed by atoms with E-state index in [2.05, 4.69) is 19.2 Å². The molecule has 2 rings (SSSR count). The Bertz CT molecular complexity index is 601. The highest BCUT2D eigenvalue weighted by Crippen LogP contribution is 2.19. The van der Waals surface area contributed by atoms with Gasteiger partial charge in [0.15, 0.2) is 0 Å². The number of hydrogen-bond acceptors (Lipinski definition) is 1. The molecule has 0 fully saturated rings. The highest BCUT2D eigenvalue weighted by molar-refractivity contribution is 5.98. The number of hydrogen-bond donors (Lipinski definition) is 1. The van der Waals surface area contributed by atoms with Crippen molar-refractivity contribution in [3.63, 3.8) is 0 Å². The molecule has 2 aromatic rings. The average molecular weight is 262 g/mol. The summed E-state index contributed by atoms with van der Waals surface area (Å²) < 4.78 is 14.9. The second-order valence-electron chi connectivity index (χ2n) is 5.23. The van der Waals surface area contributed by atoms with Crippen LogP contribution in [0.3, 0.4) is 0 Å². The van der Waals surface area contributed by atoms with Gasteiger partial charge in [-0.25, -0.2) is 4.39 Å². The quantitative estimate of drug-likeness (QED) is 0.902. The van der Waals surface area contributed by atoms with Gasteiger partial charge in [-0.2, -0.15) is 0 Å². The minimum absolute atomic E-state index is 0.111. The van der Waals surface area contributed by atoms with Gasteiger partial charge < -0.3 is 9.88 Å². The van der Waals surface area contributed by atoms with Crippen LogP contribution in [0.1, 0.15) is 30.8 Å². The molecule has 0 atom stereocenters. The molecule has 0 unspecified atom stereocenters. The fourth-order valence-electron chi connectivity index (χ4n) is 2.09. The minimum Gasteiger partial charge on any atom is -0.351 e. The van der Waals surface area contributed by atoms with E-state index in [0.29, 0.717) is 18.2 Å². The first kappa shape index (κ1) is 13.6. The average Bonchev–Trinajstić information content (AvgIpc) is 2.66. The zero-order valence-corrected chi connectivity index (χ0v) is 11.5. The molecule has 1 aromatic heterocycles. The topological polar surface area (TPSA) is 34.0 Å². The van der Waals surface area contributed by atoms with E-state index in [1.807, 2.05) is 0 Å². The van der Waals surface area contributed by atoms with E-state index in [1.165, 1.54) is 12.1 Å². The van der Waals surface area contributed by atoms with E-state index in [-0.39, 0.29) is 11.7 Å². The molecule has 19 heavy (non-hydrogen) atoms. The summed E-state index contributed by atoms with van der Waals surface area (Å²) in [4.78, 5) is 12.1. The number of nitrogens with zero attached hydrogens (tertiary/aromatic N) is 1. The number of carbonyl (C=O) groups is 1. The van der Waals surface area contributed by atoms with E-state index in [4.69, 9.17) is 0 Å². The molecule has 1 heterocycles. The molecule has 1 aromatic carbocycles. The molecule has 0 spiro atoms. The summed E-state index contributed by atoms with van der Waals surface area (Å²) in [7, 11) is 1.78. The molecule has 0 saturated carbocycles. The number of carbonyl (C=O) groups excluding carboxylic acids is 1. The molecule has 0 saturated heterocycles. The largest absolute Gasteiger partial charge is 0.351 e. The zero-order chi connectivity index (χ0) is 14.0. The van der Waals surface area contributed by atoms with Crippen molar-refractivity contribution >= 4 is 16.8 Å². The Morgan fingerprint density at radius 1 is 1.37 bits per heavy atom. The molecule has 0 radical (unpaired) electrons. The Kier molecular flexibility index (Phi) is 3.88. The van der Waals surface area contributed by atoms with Gasteiger partial charge in [-0.15, -0.1) is 0 Å². The lowest BCUT2D eigenvalue weighted by molar-refractivity contribution is 0.0944. The van der Waals surface area contributed by atoms with Crippen molar-refractivity contribution in [3.8, 4) is 0 Å². The molecule has 4 heteroatoms. The van der Waals surface area contributed by atoms with Gasteiger partial charge in [-0.05, 0) is 36.6 Å². The number of aromatic nitrogens is 1. The smallest absolute Gasteiger partial charge is 0.267 e. The van der Waals surface area contributed by atoms with Gasteiger partial charge in [0.05, 0.1) is 5.52 Å². The van der Waals surface area contributed by atoms with Crippen molar-refractivity contribution in [2.75, 3.05) is 6.54 Å². The van der Waals surface area contributed by atoms with Gasteiger partial charge in [0.1, 0.15) is 11.5 Å². The molecule has 1 amide bonds. The Morgan fingerprint density at radius 2 is 2.11 bits per heavy atom. The molecule has 0 aliphatic heterocycles. The summed E-state index contributed by atoms with van der Waals surface area (Å²) in [5.41, 5.74) is 1.29. The molecule has 1 N–H and O–H groups in total. The molecular weight excluding hydrogens is 243 g/mol. The number of fused-ring (bicyclic) bond motifs is 1. The van der Waals surface area contributed by atoms with Gasteiger partial charge in [0, 0.05) is 19.0 Å². The number of nitrogens with one attached hydrogen (secondary N) is 1. The second-order valence-corrected chi connectivity index (χ2v) is 5.23. The van der Waals surface area contributed by atoms with E-state index in [0.717, 1.165) is 17.3 Å². The summed E-state index contributed by atoms with van der Waals surface area (Å²) in [5.74, 6) is 0.155. The van der Waals surface area contributed by atoms with Crippen LogP contribution in [0.15, 0.2) is 24.3 Å². The lowest BCUT2D eigenvalue weighted by Gasteiger charge is -2.08. The van der Waals surface area contributed by atoms with E-state index in [9.17, 15) is 9.18 Å². The van der Waals surface area contributed by atoms with E-state index in [1.54, 1.807) is 23.7 Å². The SMILES string of the molecule is CC(C)CCNC(=O)c1cc2ccc(F)cc2n1C. The van der Waals surface area contributed by atoms with Crippen LogP contribution in [-0.4, -0.2) is 17.0 Å². The van der Waals surface area contributed by atoms with Gasteiger partial charge in [-0.3, -0.25) is 4.79 Å². The second kappa shape index (κ2) is 5.43. The molecule has 102 valence electrons. The lowest BCUT2D eigenvalue weighted by Crippen LogP contribution is -2.27. The van der Waals surface area contributed by atoms with Crippen LogP contribution >= 0.6 is 0 Å². The first-order chi connectivity index (χ1) is 8.99. The first-order valence-electron chi connectivity index (χ1n) is 6.52. The van der Waals surface area contributed by atoms with E-state index < -0.39 is 0 Å². The van der Waals surface area contributed by atoms with Crippen molar-refractivity contribution in [1.82, 2.24) is 9.88 Å². The van der Waals surface area contributed by atoms with Crippen LogP contribution < -0.4 is 5.32 Å². The maximum absolute atomic E-state index is 13.2.